The molecule has 0 saturated heterocycles. The third-order valence-electron chi connectivity index (χ3n) is 4.05. The third kappa shape index (κ3) is 3.83. The van der Waals surface area contributed by atoms with Gasteiger partial charge in [0.25, 0.3) is 0 Å². The van der Waals surface area contributed by atoms with Gasteiger partial charge in [-0.05, 0) is 41.3 Å². The highest BCUT2D eigenvalue weighted by molar-refractivity contribution is 5.83. The van der Waals surface area contributed by atoms with Crippen LogP contribution < -0.4 is 5.32 Å². The fourth-order valence-corrected chi connectivity index (χ4v) is 3.02. The van der Waals surface area contributed by atoms with E-state index in [1.165, 1.54) is 35.6 Å². The molecule has 1 nitrogen and oxygen atoms in total. The van der Waals surface area contributed by atoms with E-state index in [0.29, 0.717) is 6.04 Å². The molecule has 2 rings (SSSR count). The molecular weight excluding hydrogens is 242 g/mol. The Hall–Kier alpha value is -1.34. The summed E-state index contributed by atoms with van der Waals surface area (Å²) >= 11 is 0. The minimum Gasteiger partial charge on any atom is -0.310 e. The van der Waals surface area contributed by atoms with E-state index in [0.717, 1.165) is 12.5 Å². The Morgan fingerprint density at radius 3 is 2.45 bits per heavy atom. The molecule has 0 fully saturated rings. The van der Waals surface area contributed by atoms with Gasteiger partial charge in [0.05, 0.1) is 0 Å². The maximum Gasteiger partial charge on any atom is 0.0322 e. The van der Waals surface area contributed by atoms with Crippen molar-refractivity contribution in [2.45, 2.75) is 46.1 Å². The SMILES string of the molecule is CCCC(C)CC(NCC)c1ccc2ccccc2c1. The van der Waals surface area contributed by atoms with E-state index in [1.54, 1.807) is 0 Å². The molecule has 0 spiro atoms. The lowest BCUT2D eigenvalue weighted by Gasteiger charge is -2.22. The summed E-state index contributed by atoms with van der Waals surface area (Å²) in [5, 5.41) is 6.32. The van der Waals surface area contributed by atoms with Crippen LogP contribution in [0, 0.1) is 5.92 Å². The summed E-state index contributed by atoms with van der Waals surface area (Å²) < 4.78 is 0. The first-order chi connectivity index (χ1) is 9.74. The largest absolute Gasteiger partial charge is 0.310 e. The Balaban J connectivity index is 2.21. The molecule has 2 aromatic carbocycles. The number of hydrogen-bond donors (Lipinski definition) is 1. The molecule has 108 valence electrons. The molecule has 2 atom stereocenters. The van der Waals surface area contributed by atoms with Gasteiger partial charge in [0.15, 0.2) is 0 Å². The highest BCUT2D eigenvalue weighted by Crippen LogP contribution is 2.26. The van der Waals surface area contributed by atoms with Crippen LogP contribution in [0.1, 0.15) is 51.6 Å². The average molecular weight is 269 g/mol. The maximum atomic E-state index is 3.65. The molecular formula is C19H27N. The molecule has 1 N–H and O–H groups in total. The van der Waals surface area contributed by atoms with Crippen molar-refractivity contribution in [2.24, 2.45) is 5.92 Å². The van der Waals surface area contributed by atoms with E-state index in [9.17, 15) is 0 Å². The Morgan fingerprint density at radius 2 is 1.75 bits per heavy atom. The van der Waals surface area contributed by atoms with Crippen LogP contribution in [0.15, 0.2) is 42.5 Å². The predicted molar refractivity (Wildman–Crippen MR) is 89.1 cm³/mol. The number of nitrogens with one attached hydrogen (secondary N) is 1. The molecule has 0 aromatic heterocycles. The topological polar surface area (TPSA) is 12.0 Å². The van der Waals surface area contributed by atoms with E-state index >= 15 is 0 Å². The van der Waals surface area contributed by atoms with Crippen molar-refractivity contribution in [2.75, 3.05) is 6.54 Å². The van der Waals surface area contributed by atoms with Crippen LogP contribution in [0.5, 0.6) is 0 Å². The molecule has 1 heteroatoms. The Kier molecular flexibility index (Phi) is 5.60. The first-order valence-corrected chi connectivity index (χ1v) is 7.96. The summed E-state index contributed by atoms with van der Waals surface area (Å²) in [5.74, 6) is 0.774. The quantitative estimate of drug-likeness (QED) is 0.717. The van der Waals surface area contributed by atoms with Crippen molar-refractivity contribution >= 4 is 10.8 Å². The van der Waals surface area contributed by atoms with Crippen LogP contribution in [-0.2, 0) is 0 Å². The number of fused-ring (bicyclic) bond motifs is 1. The van der Waals surface area contributed by atoms with E-state index in [1.807, 2.05) is 0 Å². The van der Waals surface area contributed by atoms with Crippen LogP contribution in [0.2, 0.25) is 0 Å². The van der Waals surface area contributed by atoms with Crippen LogP contribution in [-0.4, -0.2) is 6.54 Å². The van der Waals surface area contributed by atoms with Crippen molar-refractivity contribution in [3.63, 3.8) is 0 Å². The van der Waals surface area contributed by atoms with Crippen molar-refractivity contribution in [1.82, 2.24) is 5.32 Å². The molecule has 0 aliphatic heterocycles. The summed E-state index contributed by atoms with van der Waals surface area (Å²) in [6, 6.07) is 16.0. The Bertz CT molecular complexity index is 532. The molecule has 0 bridgehead atoms. The summed E-state index contributed by atoms with van der Waals surface area (Å²) in [4.78, 5) is 0. The van der Waals surface area contributed by atoms with Gasteiger partial charge in [-0.2, -0.15) is 0 Å². The maximum absolute atomic E-state index is 3.65. The molecule has 0 aliphatic carbocycles. The smallest absolute Gasteiger partial charge is 0.0322 e. The van der Waals surface area contributed by atoms with Gasteiger partial charge in [-0.25, -0.2) is 0 Å². The third-order valence-corrected chi connectivity index (χ3v) is 4.05. The van der Waals surface area contributed by atoms with Crippen molar-refractivity contribution in [3.8, 4) is 0 Å². The Labute approximate surface area is 123 Å². The highest BCUT2D eigenvalue weighted by atomic mass is 14.9. The minimum atomic E-state index is 0.478. The fourth-order valence-electron chi connectivity index (χ4n) is 3.02. The van der Waals surface area contributed by atoms with Crippen LogP contribution >= 0.6 is 0 Å². The monoisotopic (exact) mass is 269 g/mol. The number of rotatable bonds is 7. The van der Waals surface area contributed by atoms with E-state index in [2.05, 4.69) is 68.6 Å². The molecule has 20 heavy (non-hydrogen) atoms. The van der Waals surface area contributed by atoms with E-state index in [4.69, 9.17) is 0 Å². The normalized spacial score (nSPS) is 14.3. The van der Waals surface area contributed by atoms with Gasteiger partial charge in [0.1, 0.15) is 0 Å². The molecule has 0 heterocycles. The average Bonchev–Trinajstić information content (AvgIpc) is 2.46. The van der Waals surface area contributed by atoms with E-state index < -0.39 is 0 Å². The number of benzene rings is 2. The fraction of sp³-hybridized carbons (Fsp3) is 0.474. The first kappa shape index (κ1) is 15.1. The van der Waals surface area contributed by atoms with Gasteiger partial charge in [-0.1, -0.05) is 70.0 Å². The molecule has 2 aromatic rings. The summed E-state index contributed by atoms with van der Waals surface area (Å²) in [6.07, 6.45) is 3.81. The van der Waals surface area contributed by atoms with Crippen molar-refractivity contribution < 1.29 is 0 Å². The Morgan fingerprint density at radius 1 is 1.00 bits per heavy atom. The second-order valence-corrected chi connectivity index (χ2v) is 5.85. The second kappa shape index (κ2) is 7.44. The van der Waals surface area contributed by atoms with Gasteiger partial charge in [-0.15, -0.1) is 0 Å². The number of hydrogen-bond acceptors (Lipinski definition) is 1. The molecule has 0 saturated carbocycles. The zero-order valence-corrected chi connectivity index (χ0v) is 13.0. The first-order valence-electron chi connectivity index (χ1n) is 7.96. The van der Waals surface area contributed by atoms with Crippen molar-refractivity contribution in [3.05, 3.63) is 48.0 Å². The second-order valence-electron chi connectivity index (χ2n) is 5.85. The highest BCUT2D eigenvalue weighted by Gasteiger charge is 2.14. The van der Waals surface area contributed by atoms with Crippen LogP contribution in [0.25, 0.3) is 10.8 Å². The molecule has 0 aliphatic rings. The minimum absolute atomic E-state index is 0.478. The summed E-state index contributed by atoms with van der Waals surface area (Å²) in [6.45, 7) is 7.86. The summed E-state index contributed by atoms with van der Waals surface area (Å²) in [5.41, 5.74) is 1.42. The van der Waals surface area contributed by atoms with Gasteiger partial charge >= 0.3 is 0 Å². The zero-order valence-electron chi connectivity index (χ0n) is 13.0. The molecule has 0 amide bonds. The van der Waals surface area contributed by atoms with Gasteiger partial charge in [0, 0.05) is 6.04 Å². The van der Waals surface area contributed by atoms with Gasteiger partial charge < -0.3 is 5.32 Å². The van der Waals surface area contributed by atoms with Crippen LogP contribution in [0.3, 0.4) is 0 Å². The standard InChI is InChI=1S/C19H27N/c1-4-8-15(3)13-19(20-5-2)18-12-11-16-9-6-7-10-17(16)14-18/h6-7,9-12,14-15,19-20H,4-5,8,13H2,1-3H3. The molecule has 0 radical (unpaired) electrons. The van der Waals surface area contributed by atoms with E-state index in [-0.39, 0.29) is 0 Å². The summed E-state index contributed by atoms with van der Waals surface area (Å²) in [7, 11) is 0. The lowest BCUT2D eigenvalue weighted by molar-refractivity contribution is 0.395. The van der Waals surface area contributed by atoms with Crippen LogP contribution in [0.4, 0.5) is 0 Å². The lowest BCUT2D eigenvalue weighted by Crippen LogP contribution is -2.23. The van der Waals surface area contributed by atoms with Gasteiger partial charge in [-0.3, -0.25) is 0 Å². The van der Waals surface area contributed by atoms with Gasteiger partial charge in [0.2, 0.25) is 0 Å². The molecule has 2 unspecified atom stereocenters. The zero-order chi connectivity index (χ0) is 14.4. The lowest BCUT2D eigenvalue weighted by atomic mass is 9.92. The van der Waals surface area contributed by atoms with Crippen molar-refractivity contribution in [1.29, 1.82) is 0 Å². The predicted octanol–water partition coefficient (Wildman–Crippen LogP) is 5.32.